The third-order valence-electron chi connectivity index (χ3n) is 4.56. The van der Waals surface area contributed by atoms with Gasteiger partial charge in [0, 0.05) is 18.7 Å². The summed E-state index contributed by atoms with van der Waals surface area (Å²) in [6.07, 6.45) is 2.83. The molecule has 30 heavy (non-hydrogen) atoms. The number of carbonyl (C=O) groups is 1. The van der Waals surface area contributed by atoms with Crippen LogP contribution >= 0.6 is 11.8 Å². The molecule has 1 aromatic carbocycles. The van der Waals surface area contributed by atoms with Crippen LogP contribution in [-0.2, 0) is 11.3 Å². The third-order valence-corrected chi connectivity index (χ3v) is 5.52. The first-order valence-corrected chi connectivity index (χ1v) is 10.7. The van der Waals surface area contributed by atoms with Crippen LogP contribution in [0.4, 0.5) is 15.8 Å². The molecule has 0 saturated heterocycles. The number of nitrogens with zero attached hydrogens (tertiary/aromatic N) is 5. The number of carbonyl (C=O) groups excluding carboxylic acids is 1. The van der Waals surface area contributed by atoms with Crippen molar-refractivity contribution in [1.82, 2.24) is 19.7 Å². The zero-order valence-electron chi connectivity index (χ0n) is 17.6. The highest BCUT2D eigenvalue weighted by molar-refractivity contribution is 7.99. The Morgan fingerprint density at radius 1 is 1.37 bits per heavy atom. The lowest BCUT2D eigenvalue weighted by molar-refractivity contribution is -0.384. The molecule has 1 aromatic heterocycles. The van der Waals surface area contributed by atoms with Crippen LogP contribution in [0.15, 0.2) is 23.4 Å². The van der Waals surface area contributed by atoms with Crippen LogP contribution in [0.25, 0.3) is 0 Å². The molecule has 1 amide bonds. The first-order valence-electron chi connectivity index (χ1n) is 9.74. The molecular weight excluding hydrogens is 411 g/mol. The number of anilines is 1. The number of non-ortho nitro benzene ring substituents is 1. The first kappa shape index (κ1) is 23.7. The average Bonchev–Trinajstić information content (AvgIpc) is 3.09. The average molecular weight is 439 g/mol. The lowest BCUT2D eigenvalue weighted by atomic mass is 10.2. The van der Waals surface area contributed by atoms with Gasteiger partial charge in [-0.3, -0.25) is 19.8 Å². The maximum Gasteiger partial charge on any atom is 0.271 e. The number of amides is 1. The van der Waals surface area contributed by atoms with Crippen LogP contribution in [0.1, 0.15) is 45.0 Å². The van der Waals surface area contributed by atoms with Gasteiger partial charge in [-0.1, -0.05) is 32.0 Å². The SMILES string of the molecule is CCCCn1c(SCC(=O)Nc2cc([N+](=O)[O-])ccc2F)nnc1C(CC)N(C)C. The molecule has 0 aliphatic carbocycles. The van der Waals surface area contributed by atoms with Gasteiger partial charge in [-0.25, -0.2) is 4.39 Å². The zero-order chi connectivity index (χ0) is 22.3. The summed E-state index contributed by atoms with van der Waals surface area (Å²) >= 11 is 1.20. The van der Waals surface area contributed by atoms with Gasteiger partial charge in [-0.15, -0.1) is 10.2 Å². The summed E-state index contributed by atoms with van der Waals surface area (Å²) in [6.45, 7) is 4.92. The number of nitro groups is 1. The van der Waals surface area contributed by atoms with Gasteiger partial charge in [0.05, 0.1) is 22.4 Å². The molecule has 0 bridgehead atoms. The highest BCUT2D eigenvalue weighted by atomic mass is 32.2. The molecule has 1 atom stereocenters. The lowest BCUT2D eigenvalue weighted by Crippen LogP contribution is -2.23. The number of halogens is 1. The normalized spacial score (nSPS) is 12.2. The van der Waals surface area contributed by atoms with E-state index in [1.54, 1.807) is 0 Å². The Kier molecular flexibility index (Phi) is 8.72. The molecule has 2 rings (SSSR count). The summed E-state index contributed by atoms with van der Waals surface area (Å²) in [5.74, 6) is -0.385. The van der Waals surface area contributed by atoms with Gasteiger partial charge in [0.25, 0.3) is 5.69 Å². The van der Waals surface area contributed by atoms with Crippen molar-refractivity contribution < 1.29 is 14.1 Å². The minimum atomic E-state index is -0.732. The summed E-state index contributed by atoms with van der Waals surface area (Å²) in [5, 5.41) is 22.5. The van der Waals surface area contributed by atoms with Crippen LogP contribution < -0.4 is 5.32 Å². The predicted octanol–water partition coefficient (Wildman–Crippen LogP) is 3.87. The Labute approximate surface area is 179 Å². The smallest absolute Gasteiger partial charge is 0.271 e. The molecule has 0 fully saturated rings. The molecular formula is C19H27FN6O3S. The Bertz CT molecular complexity index is 889. The van der Waals surface area contributed by atoms with E-state index in [-0.39, 0.29) is 23.2 Å². The van der Waals surface area contributed by atoms with Crippen LogP contribution in [0, 0.1) is 15.9 Å². The quantitative estimate of drug-likeness (QED) is 0.322. The molecule has 1 unspecified atom stereocenters. The van der Waals surface area contributed by atoms with Crippen molar-refractivity contribution in [3.8, 4) is 0 Å². The van der Waals surface area contributed by atoms with Gasteiger partial charge in [0.2, 0.25) is 5.91 Å². The minimum Gasteiger partial charge on any atom is -0.323 e. The summed E-state index contributed by atoms with van der Waals surface area (Å²) < 4.78 is 15.9. The van der Waals surface area contributed by atoms with E-state index in [2.05, 4.69) is 34.3 Å². The highest BCUT2D eigenvalue weighted by Gasteiger charge is 2.22. The topological polar surface area (TPSA) is 106 Å². The molecule has 0 radical (unpaired) electrons. The molecule has 1 N–H and O–H groups in total. The maximum absolute atomic E-state index is 13.9. The van der Waals surface area contributed by atoms with Gasteiger partial charge >= 0.3 is 0 Å². The fraction of sp³-hybridized carbons (Fsp3) is 0.526. The van der Waals surface area contributed by atoms with E-state index in [9.17, 15) is 19.3 Å². The summed E-state index contributed by atoms with van der Waals surface area (Å²) in [7, 11) is 3.97. The number of benzene rings is 1. The molecule has 164 valence electrons. The number of hydrogen-bond acceptors (Lipinski definition) is 7. The summed E-state index contributed by atoms with van der Waals surface area (Å²) in [6, 6.07) is 3.12. The minimum absolute atomic E-state index is 0.0227. The van der Waals surface area contributed by atoms with E-state index < -0.39 is 16.6 Å². The van der Waals surface area contributed by atoms with Crippen LogP contribution in [0.5, 0.6) is 0 Å². The van der Waals surface area contributed by atoms with Crippen molar-refractivity contribution >= 4 is 29.0 Å². The summed E-state index contributed by atoms with van der Waals surface area (Å²) in [4.78, 5) is 24.6. The van der Waals surface area contributed by atoms with Gasteiger partial charge in [-0.05, 0) is 33.0 Å². The fourth-order valence-corrected chi connectivity index (χ4v) is 3.77. The number of thioether (sulfide) groups is 1. The maximum atomic E-state index is 13.9. The Hall–Kier alpha value is -2.53. The molecule has 0 aliphatic rings. The van der Waals surface area contributed by atoms with Gasteiger partial charge in [0.1, 0.15) is 5.82 Å². The summed E-state index contributed by atoms with van der Waals surface area (Å²) in [5.41, 5.74) is -0.515. The van der Waals surface area contributed by atoms with Crippen molar-refractivity contribution in [2.75, 3.05) is 25.2 Å². The van der Waals surface area contributed by atoms with E-state index >= 15 is 0 Å². The van der Waals surface area contributed by atoms with Gasteiger partial charge in [-0.2, -0.15) is 0 Å². The standard InChI is InChI=1S/C19H27FN6O3S/c1-5-7-10-25-18(16(6-2)24(3)4)22-23-19(25)30-12-17(27)21-15-11-13(26(28)29)8-9-14(15)20/h8-9,11,16H,5-7,10,12H2,1-4H3,(H,21,27). The van der Waals surface area contributed by atoms with Crippen molar-refractivity contribution in [3.63, 3.8) is 0 Å². The van der Waals surface area contributed by atoms with E-state index in [0.29, 0.717) is 5.16 Å². The van der Waals surface area contributed by atoms with Crippen molar-refractivity contribution in [2.45, 2.75) is 50.9 Å². The van der Waals surface area contributed by atoms with E-state index in [1.807, 2.05) is 18.7 Å². The first-order chi connectivity index (χ1) is 14.3. The number of unbranched alkanes of at least 4 members (excludes halogenated alkanes) is 1. The Morgan fingerprint density at radius 2 is 2.10 bits per heavy atom. The molecule has 0 aliphatic heterocycles. The molecule has 11 heteroatoms. The number of rotatable bonds is 11. The Balaban J connectivity index is 2.13. The van der Waals surface area contributed by atoms with E-state index in [0.717, 1.165) is 49.8 Å². The van der Waals surface area contributed by atoms with Crippen molar-refractivity contribution in [2.24, 2.45) is 0 Å². The monoisotopic (exact) mass is 438 g/mol. The van der Waals surface area contributed by atoms with Crippen LogP contribution in [-0.4, -0.2) is 50.3 Å². The number of hydrogen-bond donors (Lipinski definition) is 1. The van der Waals surface area contributed by atoms with Gasteiger partial charge < -0.3 is 9.88 Å². The van der Waals surface area contributed by atoms with Crippen molar-refractivity contribution in [3.05, 3.63) is 40.0 Å². The number of nitrogens with one attached hydrogen (secondary N) is 1. The van der Waals surface area contributed by atoms with E-state index in [1.165, 1.54) is 11.8 Å². The largest absolute Gasteiger partial charge is 0.323 e. The molecule has 9 nitrogen and oxygen atoms in total. The van der Waals surface area contributed by atoms with Crippen LogP contribution in [0.3, 0.4) is 0 Å². The number of aromatic nitrogens is 3. The molecule has 0 spiro atoms. The van der Waals surface area contributed by atoms with Crippen LogP contribution in [0.2, 0.25) is 0 Å². The van der Waals surface area contributed by atoms with Gasteiger partial charge in [0.15, 0.2) is 11.0 Å². The second-order valence-electron chi connectivity index (χ2n) is 6.99. The lowest BCUT2D eigenvalue weighted by Gasteiger charge is -2.23. The van der Waals surface area contributed by atoms with Crippen molar-refractivity contribution in [1.29, 1.82) is 0 Å². The second-order valence-corrected chi connectivity index (χ2v) is 7.93. The molecule has 2 aromatic rings. The molecule has 1 heterocycles. The predicted molar refractivity (Wildman–Crippen MR) is 114 cm³/mol. The zero-order valence-corrected chi connectivity index (χ0v) is 18.4. The highest BCUT2D eigenvalue weighted by Crippen LogP contribution is 2.26. The number of nitro benzene ring substituents is 1. The fourth-order valence-electron chi connectivity index (χ4n) is 3.00. The third kappa shape index (κ3) is 5.99. The second kappa shape index (κ2) is 11.0. The Morgan fingerprint density at radius 3 is 2.70 bits per heavy atom. The molecule has 0 saturated carbocycles. The van der Waals surface area contributed by atoms with E-state index in [4.69, 9.17) is 0 Å².